The summed E-state index contributed by atoms with van der Waals surface area (Å²) in [6.45, 7) is 1.81. The molecule has 1 aromatic rings. The van der Waals surface area contributed by atoms with E-state index in [1.54, 1.807) is 25.1 Å². The first-order valence-electron chi connectivity index (χ1n) is 2.65. The monoisotopic (exact) mass is 182 g/mol. The SMILES string of the molecule is Cc1cc(Cl)ccc1O.[H-].[K+]. The van der Waals surface area contributed by atoms with E-state index < -0.39 is 0 Å². The van der Waals surface area contributed by atoms with Gasteiger partial charge in [0.2, 0.25) is 0 Å². The summed E-state index contributed by atoms with van der Waals surface area (Å²) < 4.78 is 0. The standard InChI is InChI=1S/C7H7ClO.K.H/c1-5-4-6(8)2-3-7(5)9;;/h2-4,9H,1H3;;/q;+1;-1. The minimum Gasteiger partial charge on any atom is -1.00 e. The van der Waals surface area contributed by atoms with E-state index in [1.165, 1.54) is 0 Å². The molecule has 0 aliphatic rings. The number of hydrogen-bond donors (Lipinski definition) is 1. The minimum atomic E-state index is 0. The molecular formula is C7H8ClKO. The van der Waals surface area contributed by atoms with Crippen molar-refractivity contribution in [1.82, 2.24) is 0 Å². The number of aryl methyl sites for hydroxylation is 1. The zero-order valence-electron chi connectivity index (χ0n) is 7.06. The molecule has 0 heterocycles. The first-order chi connectivity index (χ1) is 4.20. The van der Waals surface area contributed by atoms with Crippen LogP contribution in [0.3, 0.4) is 0 Å². The van der Waals surface area contributed by atoms with Crippen LogP contribution in [0.2, 0.25) is 5.02 Å². The second-order valence-corrected chi connectivity index (χ2v) is 2.37. The molecule has 0 aromatic heterocycles. The molecule has 0 aliphatic carbocycles. The fraction of sp³-hybridized carbons (Fsp3) is 0.143. The van der Waals surface area contributed by atoms with Gasteiger partial charge in [-0.2, -0.15) is 0 Å². The fourth-order valence-electron chi connectivity index (χ4n) is 0.619. The van der Waals surface area contributed by atoms with E-state index in [0.717, 1.165) is 5.56 Å². The molecule has 0 amide bonds. The van der Waals surface area contributed by atoms with E-state index in [2.05, 4.69) is 0 Å². The van der Waals surface area contributed by atoms with Crippen molar-refractivity contribution in [3.05, 3.63) is 28.8 Å². The van der Waals surface area contributed by atoms with Crippen LogP contribution >= 0.6 is 11.6 Å². The van der Waals surface area contributed by atoms with Gasteiger partial charge >= 0.3 is 51.4 Å². The van der Waals surface area contributed by atoms with Crippen molar-refractivity contribution in [1.29, 1.82) is 0 Å². The Balaban J connectivity index is 0. The van der Waals surface area contributed by atoms with Crippen molar-refractivity contribution in [2.45, 2.75) is 6.92 Å². The summed E-state index contributed by atoms with van der Waals surface area (Å²) in [5, 5.41) is 9.64. The third-order valence-corrected chi connectivity index (χ3v) is 1.39. The smallest absolute Gasteiger partial charge is 1.00 e. The second kappa shape index (κ2) is 4.75. The molecule has 0 atom stereocenters. The molecule has 0 unspecified atom stereocenters. The Labute approximate surface area is 109 Å². The Morgan fingerprint density at radius 2 is 2.10 bits per heavy atom. The average molecular weight is 183 g/mol. The molecule has 0 fully saturated rings. The number of hydrogen-bond acceptors (Lipinski definition) is 1. The summed E-state index contributed by atoms with van der Waals surface area (Å²) in [5.74, 6) is 0.291. The van der Waals surface area contributed by atoms with Crippen molar-refractivity contribution < 1.29 is 57.9 Å². The van der Waals surface area contributed by atoms with E-state index in [1.807, 2.05) is 0 Å². The molecule has 1 rings (SSSR count). The normalized spacial score (nSPS) is 8.60. The van der Waals surface area contributed by atoms with Gasteiger partial charge < -0.3 is 6.53 Å². The van der Waals surface area contributed by atoms with Gasteiger partial charge in [0, 0.05) is 5.02 Å². The topological polar surface area (TPSA) is 20.2 Å². The molecule has 10 heavy (non-hydrogen) atoms. The summed E-state index contributed by atoms with van der Waals surface area (Å²) >= 11 is 5.61. The van der Waals surface area contributed by atoms with Crippen LogP contribution in [0.4, 0.5) is 0 Å². The molecule has 0 spiro atoms. The molecular weight excluding hydrogens is 175 g/mol. The van der Waals surface area contributed by atoms with E-state index in [0.29, 0.717) is 10.8 Å². The number of halogens is 1. The molecule has 0 aliphatic heterocycles. The maximum atomic E-state index is 8.99. The van der Waals surface area contributed by atoms with Crippen LogP contribution in [0.5, 0.6) is 5.75 Å². The van der Waals surface area contributed by atoms with Gasteiger partial charge in [-0.05, 0) is 30.7 Å². The summed E-state index contributed by atoms with van der Waals surface area (Å²) in [5.41, 5.74) is 0.808. The largest absolute Gasteiger partial charge is 1.00 e. The zero-order chi connectivity index (χ0) is 6.85. The first-order valence-corrected chi connectivity index (χ1v) is 3.03. The van der Waals surface area contributed by atoms with Gasteiger partial charge in [0.15, 0.2) is 0 Å². The molecule has 0 bridgehead atoms. The predicted octanol–water partition coefficient (Wildman–Crippen LogP) is -0.529. The third-order valence-electron chi connectivity index (χ3n) is 1.16. The van der Waals surface area contributed by atoms with E-state index in [9.17, 15) is 0 Å². The van der Waals surface area contributed by atoms with Gasteiger partial charge in [-0.3, -0.25) is 0 Å². The summed E-state index contributed by atoms with van der Waals surface area (Å²) in [4.78, 5) is 0. The van der Waals surface area contributed by atoms with Gasteiger partial charge in [-0.1, -0.05) is 11.6 Å². The Kier molecular flexibility index (Phi) is 5.20. The third kappa shape index (κ3) is 2.90. The molecule has 0 radical (unpaired) electrons. The van der Waals surface area contributed by atoms with Crippen LogP contribution in [0, 0.1) is 6.92 Å². The summed E-state index contributed by atoms with van der Waals surface area (Å²) in [6.07, 6.45) is 0. The number of phenolic OH excluding ortho intramolecular Hbond substituents is 1. The Morgan fingerprint density at radius 1 is 1.50 bits per heavy atom. The zero-order valence-corrected chi connectivity index (χ0v) is 9.94. The molecule has 0 saturated carbocycles. The van der Waals surface area contributed by atoms with Crippen LogP contribution < -0.4 is 51.4 Å². The quantitative estimate of drug-likeness (QED) is 0.535. The van der Waals surface area contributed by atoms with Gasteiger partial charge in [0.05, 0.1) is 0 Å². The number of aromatic hydroxyl groups is 1. The first kappa shape index (κ1) is 10.9. The minimum absolute atomic E-state index is 0. The maximum Gasteiger partial charge on any atom is 1.00 e. The van der Waals surface area contributed by atoms with Gasteiger partial charge in [-0.15, -0.1) is 0 Å². The molecule has 3 heteroatoms. The van der Waals surface area contributed by atoms with Gasteiger partial charge in [0.1, 0.15) is 5.75 Å². The summed E-state index contributed by atoms with van der Waals surface area (Å²) in [6, 6.07) is 4.96. The van der Waals surface area contributed by atoms with Crippen molar-refractivity contribution >= 4 is 11.6 Å². The fourth-order valence-corrected chi connectivity index (χ4v) is 0.846. The van der Waals surface area contributed by atoms with Crippen LogP contribution in [0.1, 0.15) is 6.99 Å². The number of rotatable bonds is 0. The maximum absolute atomic E-state index is 8.99. The Bertz CT molecular complexity index is 230. The number of benzene rings is 1. The van der Waals surface area contributed by atoms with Gasteiger partial charge in [0.25, 0.3) is 0 Å². The Morgan fingerprint density at radius 3 is 2.50 bits per heavy atom. The molecule has 50 valence electrons. The average Bonchev–Trinajstić information content (AvgIpc) is 1.80. The Hall–Kier alpha value is 0.946. The van der Waals surface area contributed by atoms with Crippen LogP contribution in [0.15, 0.2) is 18.2 Å². The summed E-state index contributed by atoms with van der Waals surface area (Å²) in [7, 11) is 0. The van der Waals surface area contributed by atoms with Crippen molar-refractivity contribution in [2.24, 2.45) is 0 Å². The van der Waals surface area contributed by atoms with Crippen molar-refractivity contribution in [3.8, 4) is 5.75 Å². The van der Waals surface area contributed by atoms with Gasteiger partial charge in [-0.25, -0.2) is 0 Å². The van der Waals surface area contributed by atoms with Crippen LogP contribution in [-0.2, 0) is 0 Å². The predicted molar refractivity (Wildman–Crippen MR) is 39.0 cm³/mol. The van der Waals surface area contributed by atoms with Crippen LogP contribution in [0.25, 0.3) is 0 Å². The molecule has 1 aromatic carbocycles. The second-order valence-electron chi connectivity index (χ2n) is 1.93. The van der Waals surface area contributed by atoms with E-state index in [-0.39, 0.29) is 52.8 Å². The molecule has 1 nitrogen and oxygen atoms in total. The van der Waals surface area contributed by atoms with Crippen LogP contribution in [-0.4, -0.2) is 5.11 Å². The molecule has 1 N–H and O–H groups in total. The van der Waals surface area contributed by atoms with Crippen molar-refractivity contribution in [3.63, 3.8) is 0 Å². The molecule has 0 saturated heterocycles. The van der Waals surface area contributed by atoms with E-state index >= 15 is 0 Å². The van der Waals surface area contributed by atoms with Crippen molar-refractivity contribution in [2.75, 3.05) is 0 Å². The number of phenols is 1. The van der Waals surface area contributed by atoms with E-state index in [4.69, 9.17) is 16.7 Å².